The first-order chi connectivity index (χ1) is 10.9. The van der Waals surface area contributed by atoms with E-state index in [1.54, 1.807) is 6.92 Å². The molecule has 1 aliphatic heterocycles. The molecule has 10 heteroatoms. The van der Waals surface area contributed by atoms with Crippen molar-refractivity contribution < 1.29 is 31.1 Å². The van der Waals surface area contributed by atoms with Crippen molar-refractivity contribution in [3.63, 3.8) is 0 Å². The highest BCUT2D eigenvalue weighted by Gasteiger charge is 2.39. The van der Waals surface area contributed by atoms with Crippen molar-refractivity contribution in [2.45, 2.75) is 31.7 Å². The number of hydrogen-bond donors (Lipinski definition) is 1. The summed E-state index contributed by atoms with van der Waals surface area (Å²) in [4.78, 5) is 13.7. The molecule has 3 nitrogen and oxygen atoms in total. The molecule has 0 aromatic heterocycles. The third-order valence-corrected chi connectivity index (χ3v) is 4.09. The monoisotopic (exact) mass is 390 g/mol. The van der Waals surface area contributed by atoms with Gasteiger partial charge in [0, 0.05) is 18.2 Å². The van der Waals surface area contributed by atoms with E-state index in [9.17, 15) is 31.1 Å². The zero-order valence-corrected chi connectivity index (χ0v) is 13.9. The molecule has 1 aliphatic rings. The maximum atomic E-state index is 12.9. The Labute approximate surface area is 146 Å². The molecule has 2 rings (SSSR count). The Bertz CT molecular complexity index is 599. The summed E-state index contributed by atoms with van der Waals surface area (Å²) < 4.78 is 77.2. The zero-order valence-electron chi connectivity index (χ0n) is 13.1. The summed E-state index contributed by atoms with van der Waals surface area (Å²) in [7, 11) is 0. The molecule has 0 radical (unpaired) electrons. The molecule has 1 fully saturated rings. The lowest BCUT2D eigenvalue weighted by atomic mass is 10.0. The van der Waals surface area contributed by atoms with Crippen LogP contribution in [0.15, 0.2) is 18.2 Å². The van der Waals surface area contributed by atoms with Crippen molar-refractivity contribution in [2.75, 3.05) is 13.1 Å². The summed E-state index contributed by atoms with van der Waals surface area (Å²) in [6.07, 6.45) is -9.40. The van der Waals surface area contributed by atoms with Gasteiger partial charge < -0.3 is 10.6 Å². The Morgan fingerprint density at radius 3 is 1.96 bits per heavy atom. The van der Waals surface area contributed by atoms with Gasteiger partial charge in [0.05, 0.1) is 11.1 Å². The Balaban J connectivity index is 0.00000312. The smallest absolute Gasteiger partial charge is 0.336 e. The minimum absolute atomic E-state index is 0. The molecule has 0 bridgehead atoms. The molecule has 2 atom stereocenters. The van der Waals surface area contributed by atoms with Crippen molar-refractivity contribution in [1.29, 1.82) is 0 Å². The van der Waals surface area contributed by atoms with E-state index in [2.05, 4.69) is 0 Å². The average Bonchev–Trinajstić information content (AvgIpc) is 2.85. The van der Waals surface area contributed by atoms with Crippen molar-refractivity contribution in [1.82, 2.24) is 4.90 Å². The van der Waals surface area contributed by atoms with E-state index >= 15 is 0 Å². The average molecular weight is 391 g/mol. The quantitative estimate of drug-likeness (QED) is 0.777. The molecule has 25 heavy (non-hydrogen) atoms. The SMILES string of the molecule is CC1CC(CN)CN1C(=O)c1cc(C(F)(F)F)cc(C(F)(F)F)c1.Cl. The first-order valence-corrected chi connectivity index (χ1v) is 7.24. The number of halogens is 7. The Morgan fingerprint density at radius 2 is 1.60 bits per heavy atom. The maximum Gasteiger partial charge on any atom is 0.416 e. The van der Waals surface area contributed by atoms with Gasteiger partial charge in [0.15, 0.2) is 0 Å². The van der Waals surface area contributed by atoms with Gasteiger partial charge in [0.25, 0.3) is 5.91 Å². The van der Waals surface area contributed by atoms with E-state index in [1.807, 2.05) is 0 Å². The summed E-state index contributed by atoms with van der Waals surface area (Å²) in [5.41, 5.74) is 1.91. The highest BCUT2D eigenvalue weighted by molar-refractivity contribution is 5.95. The van der Waals surface area contributed by atoms with Crippen LogP contribution in [0.3, 0.4) is 0 Å². The molecule has 0 saturated carbocycles. The molecule has 2 N–H and O–H groups in total. The van der Waals surface area contributed by atoms with Gasteiger partial charge >= 0.3 is 12.4 Å². The number of alkyl halides is 6. The second kappa shape index (κ2) is 7.41. The van der Waals surface area contributed by atoms with Gasteiger partial charge in [-0.1, -0.05) is 0 Å². The molecule has 2 unspecified atom stereocenters. The van der Waals surface area contributed by atoms with E-state index in [0.717, 1.165) is 0 Å². The standard InChI is InChI=1S/C15H16F6N2O.ClH/c1-8-2-9(6-22)7-23(8)13(24)10-3-11(14(16,17)18)5-12(4-10)15(19,20)21;/h3-5,8-9H,2,6-7,22H2,1H3;1H. The number of hydrogen-bond acceptors (Lipinski definition) is 2. The van der Waals surface area contributed by atoms with Crippen molar-refractivity contribution in [3.8, 4) is 0 Å². The minimum Gasteiger partial charge on any atom is -0.336 e. The number of likely N-dealkylation sites (tertiary alicyclic amines) is 1. The number of nitrogens with two attached hydrogens (primary N) is 1. The van der Waals surface area contributed by atoms with E-state index in [-0.39, 0.29) is 37.0 Å². The van der Waals surface area contributed by atoms with Gasteiger partial charge in [-0.25, -0.2) is 0 Å². The fourth-order valence-corrected chi connectivity index (χ4v) is 2.84. The predicted molar refractivity (Wildman–Crippen MR) is 81.4 cm³/mol. The number of benzene rings is 1. The fraction of sp³-hybridized carbons (Fsp3) is 0.533. The molecule has 1 amide bonds. The fourth-order valence-electron chi connectivity index (χ4n) is 2.84. The number of rotatable bonds is 2. The summed E-state index contributed by atoms with van der Waals surface area (Å²) in [5, 5.41) is 0. The van der Waals surface area contributed by atoms with E-state index in [1.165, 1.54) is 4.90 Å². The second-order valence-electron chi connectivity index (χ2n) is 5.94. The molecular formula is C15H17ClF6N2O. The molecule has 142 valence electrons. The summed E-state index contributed by atoms with van der Waals surface area (Å²) >= 11 is 0. The van der Waals surface area contributed by atoms with Crippen molar-refractivity contribution in [3.05, 3.63) is 34.9 Å². The summed E-state index contributed by atoms with van der Waals surface area (Å²) in [6, 6.07) is 0.627. The highest BCUT2D eigenvalue weighted by Crippen LogP contribution is 2.37. The van der Waals surface area contributed by atoms with E-state index in [0.29, 0.717) is 25.1 Å². The van der Waals surface area contributed by atoms with Crippen LogP contribution in [0.4, 0.5) is 26.3 Å². The topological polar surface area (TPSA) is 46.3 Å². The third kappa shape index (κ3) is 4.78. The van der Waals surface area contributed by atoms with Crippen LogP contribution < -0.4 is 5.73 Å². The maximum absolute atomic E-state index is 12.9. The lowest BCUT2D eigenvalue weighted by Gasteiger charge is -2.23. The molecule has 1 aromatic carbocycles. The van der Waals surface area contributed by atoms with E-state index < -0.39 is 35.0 Å². The number of carbonyl (C=O) groups excluding carboxylic acids is 1. The lowest BCUT2D eigenvalue weighted by molar-refractivity contribution is -0.143. The first-order valence-electron chi connectivity index (χ1n) is 7.24. The number of carbonyl (C=O) groups is 1. The van der Waals surface area contributed by atoms with Crippen LogP contribution in [0.1, 0.15) is 34.8 Å². The van der Waals surface area contributed by atoms with Gasteiger partial charge in [0.2, 0.25) is 0 Å². The third-order valence-electron chi connectivity index (χ3n) is 4.09. The molecule has 1 aromatic rings. The van der Waals surface area contributed by atoms with Gasteiger partial charge in [-0.05, 0) is 44.0 Å². The normalized spacial score (nSPS) is 21.2. The lowest BCUT2D eigenvalue weighted by Crippen LogP contribution is -2.34. The molecule has 0 spiro atoms. The van der Waals surface area contributed by atoms with Gasteiger partial charge in [0.1, 0.15) is 0 Å². The second-order valence-corrected chi connectivity index (χ2v) is 5.94. The van der Waals surface area contributed by atoms with Crippen LogP contribution in [0.25, 0.3) is 0 Å². The predicted octanol–water partition coefficient (Wildman–Crippen LogP) is 3.96. The van der Waals surface area contributed by atoms with Crippen LogP contribution in [-0.4, -0.2) is 29.9 Å². The highest BCUT2D eigenvalue weighted by atomic mass is 35.5. The molecule has 1 heterocycles. The van der Waals surface area contributed by atoms with Gasteiger partial charge in [-0.3, -0.25) is 4.79 Å². The van der Waals surface area contributed by atoms with Crippen LogP contribution in [0.5, 0.6) is 0 Å². The molecular weight excluding hydrogens is 374 g/mol. The first kappa shape index (κ1) is 21.6. The Kier molecular flexibility index (Phi) is 6.39. The largest absolute Gasteiger partial charge is 0.416 e. The van der Waals surface area contributed by atoms with Crippen LogP contribution in [0, 0.1) is 5.92 Å². The number of nitrogens with zero attached hydrogens (tertiary/aromatic N) is 1. The van der Waals surface area contributed by atoms with Gasteiger partial charge in [-0.2, -0.15) is 26.3 Å². The van der Waals surface area contributed by atoms with E-state index in [4.69, 9.17) is 5.73 Å². The van der Waals surface area contributed by atoms with Crippen LogP contribution in [0.2, 0.25) is 0 Å². The number of amides is 1. The molecule has 1 saturated heterocycles. The van der Waals surface area contributed by atoms with Crippen LogP contribution >= 0.6 is 12.4 Å². The molecule has 0 aliphatic carbocycles. The Morgan fingerprint density at radius 1 is 1.12 bits per heavy atom. The summed E-state index contributed by atoms with van der Waals surface area (Å²) in [6.45, 7) is 2.20. The summed E-state index contributed by atoms with van der Waals surface area (Å²) in [5.74, 6) is -0.869. The van der Waals surface area contributed by atoms with Crippen molar-refractivity contribution in [2.24, 2.45) is 11.7 Å². The zero-order chi connectivity index (χ0) is 18.3. The Hall–Kier alpha value is -1.48. The minimum atomic E-state index is -4.98. The van der Waals surface area contributed by atoms with Gasteiger partial charge in [-0.15, -0.1) is 12.4 Å². The van der Waals surface area contributed by atoms with Crippen molar-refractivity contribution >= 4 is 18.3 Å². The van der Waals surface area contributed by atoms with Crippen LogP contribution in [-0.2, 0) is 12.4 Å².